The first-order valence-corrected chi connectivity index (χ1v) is 5.17. The molecule has 2 N–H and O–H groups in total. The molecule has 0 aliphatic heterocycles. The van der Waals surface area contributed by atoms with Crippen molar-refractivity contribution in [1.29, 1.82) is 0 Å². The predicted molar refractivity (Wildman–Crippen MR) is 57.3 cm³/mol. The zero-order chi connectivity index (χ0) is 12.3. The highest BCUT2D eigenvalue weighted by molar-refractivity contribution is 9.10. The van der Waals surface area contributed by atoms with E-state index < -0.39 is 18.1 Å². The molecule has 4 nitrogen and oxygen atoms in total. The largest absolute Gasteiger partial charge is 0.462 e. The minimum absolute atomic E-state index is 0.0768. The van der Waals surface area contributed by atoms with Crippen molar-refractivity contribution < 1.29 is 18.3 Å². The molecule has 16 heavy (non-hydrogen) atoms. The molecule has 1 rings (SSSR count). The highest BCUT2D eigenvalue weighted by atomic mass is 79.9. The SMILES string of the molecule is CCOC(=O)c1c(C(F)F)ncc(Br)c1N. The molecular formula is C9H9BrF2N2O2. The fourth-order valence-corrected chi connectivity index (χ4v) is 1.40. The van der Waals surface area contributed by atoms with Crippen molar-refractivity contribution in [2.75, 3.05) is 12.3 Å². The zero-order valence-corrected chi connectivity index (χ0v) is 9.92. The van der Waals surface area contributed by atoms with Gasteiger partial charge in [-0.2, -0.15) is 0 Å². The molecule has 1 aromatic rings. The number of rotatable bonds is 3. The fraction of sp³-hybridized carbons (Fsp3) is 0.333. The molecule has 7 heteroatoms. The van der Waals surface area contributed by atoms with Crippen LogP contribution in [-0.4, -0.2) is 17.6 Å². The van der Waals surface area contributed by atoms with Gasteiger partial charge < -0.3 is 10.5 Å². The van der Waals surface area contributed by atoms with E-state index >= 15 is 0 Å². The van der Waals surface area contributed by atoms with Gasteiger partial charge in [0.25, 0.3) is 6.43 Å². The van der Waals surface area contributed by atoms with Crippen LogP contribution in [0.15, 0.2) is 10.7 Å². The van der Waals surface area contributed by atoms with E-state index in [0.717, 1.165) is 6.20 Å². The number of ether oxygens (including phenoxy) is 1. The Kier molecular flexibility index (Phi) is 4.17. The van der Waals surface area contributed by atoms with Crippen LogP contribution in [0.3, 0.4) is 0 Å². The molecule has 0 aliphatic carbocycles. The van der Waals surface area contributed by atoms with Gasteiger partial charge in [0.05, 0.1) is 16.8 Å². The van der Waals surface area contributed by atoms with E-state index in [1.54, 1.807) is 6.92 Å². The summed E-state index contributed by atoms with van der Waals surface area (Å²) in [5.41, 5.74) is 4.39. The number of esters is 1. The second kappa shape index (κ2) is 5.20. The molecule has 0 aliphatic rings. The minimum Gasteiger partial charge on any atom is -0.462 e. The van der Waals surface area contributed by atoms with Gasteiger partial charge in [0.2, 0.25) is 0 Å². The number of anilines is 1. The lowest BCUT2D eigenvalue weighted by atomic mass is 10.1. The van der Waals surface area contributed by atoms with Crippen LogP contribution in [0.25, 0.3) is 0 Å². The summed E-state index contributed by atoms with van der Waals surface area (Å²) in [6.07, 6.45) is -1.76. The van der Waals surface area contributed by atoms with Gasteiger partial charge in [-0.3, -0.25) is 4.98 Å². The van der Waals surface area contributed by atoms with Crippen LogP contribution in [0.2, 0.25) is 0 Å². The quantitative estimate of drug-likeness (QED) is 0.870. The second-order valence-corrected chi connectivity index (χ2v) is 3.66. The second-order valence-electron chi connectivity index (χ2n) is 2.80. The first-order valence-electron chi connectivity index (χ1n) is 4.38. The Balaban J connectivity index is 3.31. The minimum atomic E-state index is -2.88. The van der Waals surface area contributed by atoms with Gasteiger partial charge in [-0.05, 0) is 22.9 Å². The summed E-state index contributed by atoms with van der Waals surface area (Å²) in [5, 5.41) is 0. The Morgan fingerprint density at radius 3 is 2.81 bits per heavy atom. The van der Waals surface area contributed by atoms with Crippen LogP contribution >= 0.6 is 15.9 Å². The van der Waals surface area contributed by atoms with Gasteiger partial charge in [0, 0.05) is 6.20 Å². The van der Waals surface area contributed by atoms with E-state index in [4.69, 9.17) is 5.73 Å². The number of nitrogens with zero attached hydrogens (tertiary/aromatic N) is 1. The molecule has 0 saturated carbocycles. The molecule has 1 heterocycles. The van der Waals surface area contributed by atoms with E-state index in [1.807, 2.05) is 0 Å². The molecule has 0 fully saturated rings. The number of aromatic nitrogens is 1. The molecule has 88 valence electrons. The van der Waals surface area contributed by atoms with Crippen molar-refractivity contribution in [3.8, 4) is 0 Å². The van der Waals surface area contributed by atoms with Gasteiger partial charge in [-0.25, -0.2) is 13.6 Å². The van der Waals surface area contributed by atoms with Crippen LogP contribution in [0.1, 0.15) is 29.4 Å². The number of carbonyl (C=O) groups excluding carboxylic acids is 1. The Hall–Kier alpha value is -1.24. The smallest absolute Gasteiger partial charge is 0.342 e. The van der Waals surface area contributed by atoms with Crippen molar-refractivity contribution in [1.82, 2.24) is 4.98 Å². The molecular weight excluding hydrogens is 286 g/mol. The Labute approximate surface area is 98.9 Å². The first-order chi connectivity index (χ1) is 7.49. The van der Waals surface area contributed by atoms with E-state index in [0.29, 0.717) is 0 Å². The molecule has 0 saturated heterocycles. The average molecular weight is 295 g/mol. The van der Waals surface area contributed by atoms with E-state index in [-0.39, 0.29) is 22.3 Å². The number of alkyl halides is 2. The average Bonchev–Trinajstić information content (AvgIpc) is 2.21. The molecule has 1 aromatic heterocycles. The van der Waals surface area contributed by atoms with Crippen molar-refractivity contribution in [2.45, 2.75) is 13.3 Å². The normalized spacial score (nSPS) is 10.6. The maximum atomic E-state index is 12.6. The molecule has 0 unspecified atom stereocenters. The van der Waals surface area contributed by atoms with E-state index in [9.17, 15) is 13.6 Å². The fourth-order valence-electron chi connectivity index (χ4n) is 1.10. The molecule has 0 atom stereocenters. The molecule has 0 bridgehead atoms. The number of nitrogen functional groups attached to an aromatic ring is 1. The summed E-state index contributed by atoms with van der Waals surface area (Å²) in [4.78, 5) is 14.9. The van der Waals surface area contributed by atoms with Crippen molar-refractivity contribution in [2.24, 2.45) is 0 Å². The van der Waals surface area contributed by atoms with Crippen molar-refractivity contribution >= 4 is 27.6 Å². The van der Waals surface area contributed by atoms with Crippen LogP contribution < -0.4 is 5.73 Å². The van der Waals surface area contributed by atoms with Gasteiger partial charge in [-0.15, -0.1) is 0 Å². The van der Waals surface area contributed by atoms with E-state index in [2.05, 4.69) is 25.7 Å². The zero-order valence-electron chi connectivity index (χ0n) is 8.34. The monoisotopic (exact) mass is 294 g/mol. The van der Waals surface area contributed by atoms with Crippen LogP contribution in [0.4, 0.5) is 14.5 Å². The number of halogens is 3. The summed E-state index contributed by atoms with van der Waals surface area (Å²) < 4.78 is 30.1. The molecule has 0 amide bonds. The summed E-state index contributed by atoms with van der Waals surface area (Å²) in [5.74, 6) is -0.899. The van der Waals surface area contributed by atoms with Crippen LogP contribution in [0.5, 0.6) is 0 Å². The summed E-state index contributed by atoms with van der Waals surface area (Å²) in [7, 11) is 0. The lowest BCUT2D eigenvalue weighted by Crippen LogP contribution is -2.13. The topological polar surface area (TPSA) is 65.2 Å². The van der Waals surface area contributed by atoms with E-state index in [1.165, 1.54) is 0 Å². The maximum Gasteiger partial charge on any atom is 0.342 e. The van der Waals surface area contributed by atoms with Crippen molar-refractivity contribution in [3.05, 3.63) is 21.9 Å². The standard InChI is InChI=1S/C9H9BrF2N2O2/c1-2-16-9(15)5-6(13)4(10)3-14-7(5)8(11)12/h3,8H,2H2,1H3,(H2,13,14). The van der Waals surface area contributed by atoms with Gasteiger partial charge >= 0.3 is 5.97 Å². The number of pyridine rings is 1. The third kappa shape index (κ3) is 2.46. The molecule has 0 aromatic carbocycles. The molecule has 0 spiro atoms. The highest BCUT2D eigenvalue weighted by Gasteiger charge is 2.25. The number of nitrogens with two attached hydrogens (primary N) is 1. The summed E-state index contributed by atoms with van der Waals surface area (Å²) in [6, 6.07) is 0. The predicted octanol–water partition coefficient (Wildman–Crippen LogP) is 2.54. The van der Waals surface area contributed by atoms with Crippen LogP contribution in [-0.2, 0) is 4.74 Å². The Morgan fingerprint density at radius 1 is 1.69 bits per heavy atom. The van der Waals surface area contributed by atoms with Crippen molar-refractivity contribution in [3.63, 3.8) is 0 Å². The maximum absolute atomic E-state index is 12.6. The summed E-state index contributed by atoms with van der Waals surface area (Å²) >= 11 is 3.01. The third-order valence-electron chi connectivity index (χ3n) is 1.79. The Bertz CT molecular complexity index is 413. The third-order valence-corrected chi connectivity index (χ3v) is 2.42. The Morgan fingerprint density at radius 2 is 2.31 bits per heavy atom. The highest BCUT2D eigenvalue weighted by Crippen LogP contribution is 2.30. The number of hydrogen-bond acceptors (Lipinski definition) is 4. The summed E-state index contributed by atoms with van der Waals surface area (Å²) in [6.45, 7) is 1.65. The van der Waals surface area contributed by atoms with Crippen LogP contribution in [0, 0.1) is 0 Å². The lowest BCUT2D eigenvalue weighted by molar-refractivity contribution is 0.0515. The number of carbonyl (C=O) groups is 1. The number of hydrogen-bond donors (Lipinski definition) is 1. The molecule has 0 radical (unpaired) electrons. The van der Waals surface area contributed by atoms with Gasteiger partial charge in [-0.1, -0.05) is 0 Å². The van der Waals surface area contributed by atoms with Gasteiger partial charge in [0.15, 0.2) is 0 Å². The first kappa shape index (κ1) is 12.8. The van der Waals surface area contributed by atoms with Gasteiger partial charge in [0.1, 0.15) is 11.3 Å². The lowest BCUT2D eigenvalue weighted by Gasteiger charge is -2.10.